The molecule has 0 saturated carbocycles. The lowest BCUT2D eigenvalue weighted by atomic mass is 10.3. The molecule has 24 heavy (non-hydrogen) atoms. The van der Waals surface area contributed by atoms with Crippen molar-refractivity contribution in [2.24, 2.45) is 0 Å². The zero-order chi connectivity index (χ0) is 17.5. The lowest BCUT2D eigenvalue weighted by molar-refractivity contribution is 0.0594. The predicted octanol–water partition coefficient (Wildman–Crippen LogP) is 3.67. The second-order valence-electron chi connectivity index (χ2n) is 4.98. The molecule has 7 nitrogen and oxygen atoms in total. The molecule has 128 valence electrons. The fourth-order valence-electron chi connectivity index (χ4n) is 2.00. The van der Waals surface area contributed by atoms with E-state index in [-0.39, 0.29) is 24.2 Å². The van der Waals surface area contributed by atoms with Gasteiger partial charge in [0.1, 0.15) is 6.26 Å². The number of urea groups is 1. The molecule has 8 heteroatoms. The number of hydrogen-bond acceptors (Lipinski definition) is 5. The second-order valence-corrected chi connectivity index (χ2v) is 5.89. The number of carbonyl (C=O) groups is 2. The van der Waals surface area contributed by atoms with E-state index < -0.39 is 5.97 Å². The van der Waals surface area contributed by atoms with Gasteiger partial charge in [0.2, 0.25) is 5.89 Å². The molecule has 0 spiro atoms. The number of methoxy groups -OCH3 is 1. The summed E-state index contributed by atoms with van der Waals surface area (Å²) < 4.78 is 10.8. The fraction of sp³-hybridized carbons (Fsp3) is 0.312. The van der Waals surface area contributed by atoms with E-state index in [2.05, 4.69) is 31.0 Å². The van der Waals surface area contributed by atoms with Gasteiger partial charge in [0.05, 0.1) is 13.7 Å². The highest BCUT2D eigenvalue weighted by Crippen LogP contribution is 2.15. The first-order valence-corrected chi connectivity index (χ1v) is 8.17. The Morgan fingerprint density at radius 2 is 2.04 bits per heavy atom. The van der Waals surface area contributed by atoms with Crippen molar-refractivity contribution in [2.75, 3.05) is 19.0 Å². The molecule has 0 unspecified atom stereocenters. The Kier molecular flexibility index (Phi) is 6.36. The highest BCUT2D eigenvalue weighted by atomic mass is 79.9. The smallest absolute Gasteiger partial charge is 0.360 e. The van der Waals surface area contributed by atoms with Gasteiger partial charge in [-0.1, -0.05) is 22.9 Å². The van der Waals surface area contributed by atoms with Crippen molar-refractivity contribution < 1.29 is 18.7 Å². The third kappa shape index (κ3) is 4.82. The molecule has 2 amide bonds. The molecular formula is C16H18BrN3O4. The van der Waals surface area contributed by atoms with E-state index in [1.807, 2.05) is 19.1 Å². The third-order valence-electron chi connectivity index (χ3n) is 3.15. The minimum Gasteiger partial charge on any atom is -0.464 e. The van der Waals surface area contributed by atoms with Crippen LogP contribution >= 0.6 is 15.9 Å². The van der Waals surface area contributed by atoms with Gasteiger partial charge in [-0.3, -0.25) is 0 Å². The van der Waals surface area contributed by atoms with E-state index in [1.165, 1.54) is 13.4 Å². The summed E-state index contributed by atoms with van der Waals surface area (Å²) in [5.41, 5.74) is 0.768. The van der Waals surface area contributed by atoms with E-state index in [0.29, 0.717) is 12.2 Å². The molecule has 0 aliphatic rings. The van der Waals surface area contributed by atoms with Crippen molar-refractivity contribution in [3.63, 3.8) is 0 Å². The van der Waals surface area contributed by atoms with Gasteiger partial charge in [0, 0.05) is 16.7 Å². The minimum atomic E-state index is -0.577. The monoisotopic (exact) mass is 395 g/mol. The topological polar surface area (TPSA) is 84.7 Å². The van der Waals surface area contributed by atoms with Gasteiger partial charge in [0.25, 0.3) is 0 Å². The summed E-state index contributed by atoms with van der Waals surface area (Å²) in [5.74, 6) is -0.304. The van der Waals surface area contributed by atoms with Gasteiger partial charge in [-0.05, 0) is 30.7 Å². The fourth-order valence-corrected chi connectivity index (χ4v) is 2.27. The summed E-state index contributed by atoms with van der Waals surface area (Å²) in [4.78, 5) is 29.4. The molecule has 1 N–H and O–H groups in total. The second kappa shape index (κ2) is 8.49. The van der Waals surface area contributed by atoms with Gasteiger partial charge in [0.15, 0.2) is 5.69 Å². The first-order chi connectivity index (χ1) is 11.5. The standard InChI is InChI=1S/C16H18BrN3O4/c1-3-8-20(9-14-19-13(10-24-14)15(21)23-2)16(22)18-12-6-4-11(17)5-7-12/h4-7,10H,3,8-9H2,1-2H3,(H,18,22). The van der Waals surface area contributed by atoms with Crippen LogP contribution in [0.4, 0.5) is 10.5 Å². The predicted molar refractivity (Wildman–Crippen MR) is 91.7 cm³/mol. The summed E-state index contributed by atoms with van der Waals surface area (Å²) in [6.07, 6.45) is 2.00. The Hall–Kier alpha value is -2.35. The lowest BCUT2D eigenvalue weighted by Crippen LogP contribution is -2.35. The Bertz CT molecular complexity index is 700. The van der Waals surface area contributed by atoms with Crippen molar-refractivity contribution in [1.29, 1.82) is 0 Å². The number of amides is 2. The minimum absolute atomic E-state index is 0.0808. The maximum Gasteiger partial charge on any atom is 0.360 e. The van der Waals surface area contributed by atoms with Gasteiger partial charge >= 0.3 is 12.0 Å². The lowest BCUT2D eigenvalue weighted by Gasteiger charge is -2.21. The van der Waals surface area contributed by atoms with Crippen LogP contribution in [0.25, 0.3) is 0 Å². The van der Waals surface area contributed by atoms with Crippen LogP contribution in [0, 0.1) is 0 Å². The Labute approximate surface area is 148 Å². The zero-order valence-electron chi connectivity index (χ0n) is 13.4. The summed E-state index contributed by atoms with van der Waals surface area (Å²) in [5, 5.41) is 2.82. The molecular weight excluding hydrogens is 378 g/mol. The largest absolute Gasteiger partial charge is 0.464 e. The first-order valence-electron chi connectivity index (χ1n) is 7.37. The number of carbonyl (C=O) groups excluding carboxylic acids is 2. The Morgan fingerprint density at radius 3 is 2.67 bits per heavy atom. The molecule has 0 fully saturated rings. The molecule has 0 radical (unpaired) electrons. The number of aromatic nitrogens is 1. The molecule has 1 aromatic carbocycles. The van der Waals surface area contributed by atoms with Gasteiger partial charge in [-0.25, -0.2) is 14.6 Å². The number of esters is 1. The molecule has 0 aliphatic heterocycles. The van der Waals surface area contributed by atoms with Gasteiger partial charge in [-0.2, -0.15) is 0 Å². The van der Waals surface area contributed by atoms with Crippen LogP contribution in [0.5, 0.6) is 0 Å². The van der Waals surface area contributed by atoms with Crippen LogP contribution in [-0.2, 0) is 11.3 Å². The van der Waals surface area contributed by atoms with Gasteiger partial charge < -0.3 is 19.4 Å². The maximum absolute atomic E-state index is 12.4. The summed E-state index contributed by atoms with van der Waals surface area (Å²) in [7, 11) is 1.27. The normalized spacial score (nSPS) is 10.3. The van der Waals surface area contributed by atoms with Crippen molar-refractivity contribution >= 4 is 33.6 Å². The van der Waals surface area contributed by atoms with Crippen LogP contribution in [0.15, 0.2) is 39.4 Å². The van der Waals surface area contributed by atoms with Gasteiger partial charge in [-0.15, -0.1) is 0 Å². The van der Waals surface area contributed by atoms with Crippen LogP contribution in [0.1, 0.15) is 29.7 Å². The molecule has 2 rings (SSSR count). The quantitative estimate of drug-likeness (QED) is 0.754. The number of nitrogens with zero attached hydrogens (tertiary/aromatic N) is 2. The molecule has 0 saturated heterocycles. The van der Waals surface area contributed by atoms with E-state index in [1.54, 1.807) is 17.0 Å². The number of ether oxygens (including phenoxy) is 1. The number of benzene rings is 1. The molecule has 0 atom stereocenters. The zero-order valence-corrected chi connectivity index (χ0v) is 15.0. The van der Waals surface area contributed by atoms with Crippen molar-refractivity contribution in [3.05, 3.63) is 46.6 Å². The number of anilines is 1. The number of nitrogens with one attached hydrogen (secondary N) is 1. The summed E-state index contributed by atoms with van der Waals surface area (Å²) >= 11 is 3.35. The van der Waals surface area contributed by atoms with Crippen molar-refractivity contribution in [3.8, 4) is 0 Å². The molecule has 2 aromatic rings. The number of halogens is 1. The van der Waals surface area contributed by atoms with E-state index in [9.17, 15) is 9.59 Å². The number of rotatable bonds is 6. The van der Waals surface area contributed by atoms with Crippen molar-refractivity contribution in [1.82, 2.24) is 9.88 Å². The Morgan fingerprint density at radius 1 is 1.33 bits per heavy atom. The van der Waals surface area contributed by atoms with E-state index in [4.69, 9.17) is 4.42 Å². The summed E-state index contributed by atoms with van der Waals surface area (Å²) in [6.45, 7) is 2.65. The number of oxazole rings is 1. The molecule has 0 bridgehead atoms. The Balaban J connectivity index is 2.04. The van der Waals surface area contributed by atoms with E-state index in [0.717, 1.165) is 10.9 Å². The summed E-state index contributed by atoms with van der Waals surface area (Å²) in [6, 6.07) is 7.02. The third-order valence-corrected chi connectivity index (χ3v) is 3.68. The maximum atomic E-state index is 12.4. The highest BCUT2D eigenvalue weighted by Gasteiger charge is 2.18. The molecule has 0 aliphatic carbocycles. The van der Waals surface area contributed by atoms with Crippen molar-refractivity contribution in [2.45, 2.75) is 19.9 Å². The van der Waals surface area contributed by atoms with Crippen LogP contribution in [0.3, 0.4) is 0 Å². The first kappa shape index (κ1) is 18.0. The van der Waals surface area contributed by atoms with Crippen LogP contribution in [0.2, 0.25) is 0 Å². The highest BCUT2D eigenvalue weighted by molar-refractivity contribution is 9.10. The average molecular weight is 396 g/mol. The SMILES string of the molecule is CCCN(Cc1nc(C(=O)OC)co1)C(=O)Nc1ccc(Br)cc1. The van der Waals surface area contributed by atoms with Crippen LogP contribution < -0.4 is 5.32 Å². The molecule has 1 heterocycles. The number of hydrogen-bond donors (Lipinski definition) is 1. The van der Waals surface area contributed by atoms with E-state index >= 15 is 0 Å². The average Bonchev–Trinajstić information content (AvgIpc) is 3.04. The van der Waals surface area contributed by atoms with Crippen LogP contribution in [-0.4, -0.2) is 35.5 Å². The molecule has 1 aromatic heterocycles.